The normalized spacial score (nSPS) is 26.7. The third kappa shape index (κ3) is 7.22. The molecule has 8 nitrogen and oxygen atoms in total. The summed E-state index contributed by atoms with van der Waals surface area (Å²) in [4.78, 5) is 37.4. The van der Waals surface area contributed by atoms with Crippen molar-refractivity contribution in [1.82, 2.24) is 5.32 Å². The van der Waals surface area contributed by atoms with Crippen LogP contribution in [0.2, 0.25) is 0 Å². The van der Waals surface area contributed by atoms with Crippen molar-refractivity contribution in [3.05, 3.63) is 35.9 Å². The van der Waals surface area contributed by atoms with Crippen molar-refractivity contribution < 1.29 is 33.3 Å². The number of carbonyl (C=O) groups is 3. The highest BCUT2D eigenvalue weighted by Crippen LogP contribution is 2.32. The van der Waals surface area contributed by atoms with E-state index >= 15 is 0 Å². The second kappa shape index (κ2) is 10.3. The van der Waals surface area contributed by atoms with Gasteiger partial charge >= 0.3 is 18.0 Å². The highest BCUT2D eigenvalue weighted by molar-refractivity contribution is 5.82. The van der Waals surface area contributed by atoms with Crippen molar-refractivity contribution in [2.45, 2.75) is 70.8 Å². The molecule has 1 aromatic carbocycles. The van der Waals surface area contributed by atoms with Gasteiger partial charge < -0.3 is 24.3 Å². The fraction of sp³-hybridized carbons (Fsp3) is 0.625. The molecule has 1 heterocycles. The van der Waals surface area contributed by atoms with Gasteiger partial charge in [0.25, 0.3) is 0 Å². The van der Waals surface area contributed by atoms with Crippen LogP contribution in [0.15, 0.2) is 30.3 Å². The maximum Gasteiger partial charge on any atom is 0.408 e. The van der Waals surface area contributed by atoms with Crippen LogP contribution in [0.5, 0.6) is 0 Å². The van der Waals surface area contributed by atoms with Gasteiger partial charge in [-0.15, -0.1) is 0 Å². The number of benzene rings is 1. The van der Waals surface area contributed by atoms with Crippen molar-refractivity contribution in [3.63, 3.8) is 0 Å². The van der Waals surface area contributed by atoms with E-state index < -0.39 is 35.9 Å². The fourth-order valence-corrected chi connectivity index (χ4v) is 3.60. The minimum absolute atomic E-state index is 0.0701. The van der Waals surface area contributed by atoms with Crippen LogP contribution in [0.25, 0.3) is 0 Å². The summed E-state index contributed by atoms with van der Waals surface area (Å²) in [6.07, 6.45) is 0.141. The Morgan fingerprint density at radius 2 is 1.81 bits per heavy atom. The van der Waals surface area contributed by atoms with Gasteiger partial charge in [0.1, 0.15) is 17.8 Å². The molecule has 1 aliphatic carbocycles. The predicted octanol–water partition coefficient (Wildman–Crippen LogP) is 3.02. The number of carbonyl (C=O) groups excluding carboxylic acids is 3. The molecule has 1 N–H and O–H groups in total. The monoisotopic (exact) mass is 447 g/mol. The molecule has 0 bridgehead atoms. The lowest BCUT2D eigenvalue weighted by molar-refractivity contribution is -0.172. The second-order valence-corrected chi connectivity index (χ2v) is 9.50. The average Bonchev–Trinajstić information content (AvgIpc) is 3.54. The first-order valence-electron chi connectivity index (χ1n) is 11.1. The van der Waals surface area contributed by atoms with Gasteiger partial charge in [-0.1, -0.05) is 30.3 Å². The Balaban J connectivity index is 1.74. The topological polar surface area (TPSA) is 100 Å². The largest absolute Gasteiger partial charge is 0.458 e. The average molecular weight is 448 g/mol. The fourth-order valence-electron chi connectivity index (χ4n) is 3.60. The van der Waals surface area contributed by atoms with E-state index in [1.54, 1.807) is 27.7 Å². The summed E-state index contributed by atoms with van der Waals surface area (Å²) in [5.41, 5.74) is 0.360. The molecule has 2 fully saturated rings. The Morgan fingerprint density at radius 1 is 1.12 bits per heavy atom. The first-order chi connectivity index (χ1) is 15.1. The maximum absolute atomic E-state index is 12.8. The van der Waals surface area contributed by atoms with Crippen molar-refractivity contribution in [2.75, 3.05) is 13.2 Å². The van der Waals surface area contributed by atoms with Crippen LogP contribution < -0.4 is 5.32 Å². The van der Waals surface area contributed by atoms with Crippen molar-refractivity contribution in [3.8, 4) is 0 Å². The lowest BCUT2D eigenvalue weighted by Gasteiger charge is -2.30. The van der Waals surface area contributed by atoms with E-state index in [4.69, 9.17) is 18.9 Å². The predicted molar refractivity (Wildman–Crippen MR) is 116 cm³/mol. The van der Waals surface area contributed by atoms with Crippen molar-refractivity contribution in [2.24, 2.45) is 11.8 Å². The van der Waals surface area contributed by atoms with E-state index in [2.05, 4.69) is 5.32 Å². The molecule has 1 saturated carbocycles. The standard InChI is InChI=1S/C24H33NO7/c1-15-20(31-21(26)17-10-11-17)18(12-16-8-6-5-7-9-16)13-29-14-19(22(27)30-15)25-23(28)32-24(2,3)4/h5-9,15,17-20H,10-14H2,1-4H3,(H,25,28)/t15-,18-,19-,20-/m0/s1. The number of amides is 1. The van der Waals surface area contributed by atoms with Gasteiger partial charge in [-0.25, -0.2) is 9.59 Å². The number of esters is 2. The Labute approximate surface area is 188 Å². The first kappa shape index (κ1) is 24.0. The number of hydrogen-bond acceptors (Lipinski definition) is 7. The van der Waals surface area contributed by atoms with E-state index in [0.29, 0.717) is 6.42 Å². The van der Waals surface area contributed by atoms with Crippen LogP contribution in [0, 0.1) is 11.8 Å². The van der Waals surface area contributed by atoms with Crippen molar-refractivity contribution >= 4 is 18.0 Å². The van der Waals surface area contributed by atoms with Gasteiger partial charge in [0.05, 0.1) is 19.1 Å². The Kier molecular flexibility index (Phi) is 7.77. The molecule has 0 spiro atoms. The van der Waals surface area contributed by atoms with E-state index in [-0.39, 0.29) is 31.0 Å². The maximum atomic E-state index is 12.8. The minimum atomic E-state index is -1.03. The van der Waals surface area contributed by atoms with E-state index in [1.807, 2.05) is 30.3 Å². The second-order valence-electron chi connectivity index (χ2n) is 9.50. The molecular weight excluding hydrogens is 414 g/mol. The highest BCUT2D eigenvalue weighted by Gasteiger charge is 2.40. The Bertz CT molecular complexity index is 800. The van der Waals surface area contributed by atoms with Crippen LogP contribution in [0.3, 0.4) is 0 Å². The van der Waals surface area contributed by atoms with Crippen LogP contribution in [-0.2, 0) is 35.0 Å². The molecule has 0 unspecified atom stereocenters. The van der Waals surface area contributed by atoms with Crippen LogP contribution in [0.1, 0.15) is 46.1 Å². The number of nitrogens with one attached hydrogen (secondary N) is 1. The highest BCUT2D eigenvalue weighted by atomic mass is 16.6. The quantitative estimate of drug-likeness (QED) is 0.547. The third-order valence-electron chi connectivity index (χ3n) is 5.32. The van der Waals surface area contributed by atoms with Gasteiger partial charge in [-0.3, -0.25) is 4.79 Å². The number of hydrogen-bond donors (Lipinski definition) is 1. The Hall–Kier alpha value is -2.61. The van der Waals surface area contributed by atoms with Crippen LogP contribution in [0.4, 0.5) is 4.79 Å². The molecule has 176 valence electrons. The zero-order valence-electron chi connectivity index (χ0n) is 19.2. The molecule has 2 aliphatic rings. The number of cyclic esters (lactones) is 1. The molecule has 0 radical (unpaired) electrons. The summed E-state index contributed by atoms with van der Waals surface area (Å²) in [5, 5.41) is 2.52. The van der Waals surface area contributed by atoms with Gasteiger partial charge in [-0.2, -0.15) is 0 Å². The summed E-state index contributed by atoms with van der Waals surface area (Å²) in [7, 11) is 0. The SMILES string of the molecule is C[C@@H]1OC(=O)[C@@H](NC(=O)OC(C)(C)C)COC[C@H](Cc2ccccc2)[C@H]1OC(=O)C1CC1. The van der Waals surface area contributed by atoms with Gasteiger partial charge in [0.2, 0.25) is 0 Å². The Morgan fingerprint density at radius 3 is 2.44 bits per heavy atom. The van der Waals surface area contributed by atoms with Gasteiger partial charge in [-0.05, 0) is 52.5 Å². The van der Waals surface area contributed by atoms with E-state index in [0.717, 1.165) is 18.4 Å². The lowest BCUT2D eigenvalue weighted by atomic mass is 9.91. The summed E-state index contributed by atoms with van der Waals surface area (Å²) in [6, 6.07) is 8.79. The molecule has 32 heavy (non-hydrogen) atoms. The molecular formula is C24H33NO7. The number of rotatable bonds is 5. The van der Waals surface area contributed by atoms with Crippen LogP contribution >= 0.6 is 0 Å². The van der Waals surface area contributed by atoms with Gasteiger partial charge in [0, 0.05) is 5.92 Å². The zero-order valence-corrected chi connectivity index (χ0v) is 19.2. The molecule has 8 heteroatoms. The van der Waals surface area contributed by atoms with E-state index in [9.17, 15) is 14.4 Å². The summed E-state index contributed by atoms with van der Waals surface area (Å²) >= 11 is 0. The van der Waals surface area contributed by atoms with Crippen molar-refractivity contribution in [1.29, 1.82) is 0 Å². The summed E-state index contributed by atoms with van der Waals surface area (Å²) < 4.78 is 22.5. The molecule has 1 saturated heterocycles. The molecule has 1 amide bonds. The third-order valence-corrected chi connectivity index (χ3v) is 5.32. The van der Waals surface area contributed by atoms with Gasteiger partial charge in [0.15, 0.2) is 6.04 Å². The zero-order chi connectivity index (χ0) is 23.3. The van der Waals surface area contributed by atoms with E-state index in [1.165, 1.54) is 0 Å². The minimum Gasteiger partial charge on any atom is -0.458 e. The smallest absolute Gasteiger partial charge is 0.408 e. The van der Waals surface area contributed by atoms with Crippen LogP contribution in [-0.4, -0.2) is 55.1 Å². The number of alkyl carbamates (subject to hydrolysis) is 1. The molecule has 4 atom stereocenters. The summed E-state index contributed by atoms with van der Waals surface area (Å²) in [5.74, 6) is -1.22. The lowest BCUT2D eigenvalue weighted by Crippen LogP contribution is -2.48. The first-order valence-corrected chi connectivity index (χ1v) is 11.1. The summed E-state index contributed by atoms with van der Waals surface area (Å²) in [6.45, 7) is 7.08. The number of ether oxygens (including phenoxy) is 4. The molecule has 0 aromatic heterocycles. The molecule has 3 rings (SSSR count). The molecule has 1 aliphatic heterocycles. The molecule has 1 aromatic rings.